The zero-order valence-electron chi connectivity index (χ0n) is 17.8. The third kappa shape index (κ3) is 6.18. The van der Waals surface area contributed by atoms with Gasteiger partial charge in [0.15, 0.2) is 0 Å². The largest absolute Gasteiger partial charge is 0.0911 e. The molecular formula is C30H28. The average Bonchev–Trinajstić information content (AvgIpc) is 2.81. The van der Waals surface area contributed by atoms with Gasteiger partial charge in [0.05, 0.1) is 0 Å². The number of rotatable bonds is 4. The van der Waals surface area contributed by atoms with Crippen molar-refractivity contribution in [1.82, 2.24) is 0 Å². The van der Waals surface area contributed by atoms with Crippen molar-refractivity contribution in [1.29, 1.82) is 0 Å². The van der Waals surface area contributed by atoms with Gasteiger partial charge in [0.1, 0.15) is 0 Å². The van der Waals surface area contributed by atoms with Gasteiger partial charge >= 0.3 is 0 Å². The van der Waals surface area contributed by atoms with Crippen LogP contribution < -0.4 is 0 Å². The van der Waals surface area contributed by atoms with Gasteiger partial charge in [-0.1, -0.05) is 133 Å². The summed E-state index contributed by atoms with van der Waals surface area (Å²) in [6, 6.07) is 39.6. The fraction of sp³-hybridized carbons (Fsp3) is 0.0667. The molecule has 0 aliphatic carbocycles. The third-order valence-corrected chi connectivity index (χ3v) is 4.89. The smallest absolute Gasteiger partial charge is 0.0184 e. The maximum Gasteiger partial charge on any atom is -0.0184 e. The van der Waals surface area contributed by atoms with Gasteiger partial charge in [0.2, 0.25) is 0 Å². The minimum absolute atomic E-state index is 1.06. The molecule has 0 heterocycles. The van der Waals surface area contributed by atoms with Gasteiger partial charge in [-0.2, -0.15) is 0 Å². The van der Waals surface area contributed by atoms with Crippen LogP contribution in [0.4, 0.5) is 0 Å². The standard InChI is InChI=1S/C18H18.C12H10/c1-14-8-7-11-18(12-14)16(3)13-15(2)17-9-5-4-6-10-17;1-3-7-11(8-4-1)12-9-5-2-6-10-12/h4-13H,3H2,1-2H3;1-10H/b15-13+;. The van der Waals surface area contributed by atoms with Crippen molar-refractivity contribution in [3.63, 3.8) is 0 Å². The van der Waals surface area contributed by atoms with Crippen LogP contribution in [0.5, 0.6) is 0 Å². The van der Waals surface area contributed by atoms with Crippen LogP contribution in [0.25, 0.3) is 22.3 Å². The first kappa shape index (κ1) is 21.1. The maximum atomic E-state index is 4.16. The number of hydrogen-bond acceptors (Lipinski definition) is 0. The van der Waals surface area contributed by atoms with Crippen LogP contribution in [-0.2, 0) is 0 Å². The van der Waals surface area contributed by atoms with E-state index >= 15 is 0 Å². The number of hydrogen-bond donors (Lipinski definition) is 0. The van der Waals surface area contributed by atoms with E-state index in [2.05, 4.69) is 124 Å². The van der Waals surface area contributed by atoms with E-state index in [0.717, 1.165) is 5.57 Å². The highest BCUT2D eigenvalue weighted by atomic mass is 14.0. The lowest BCUT2D eigenvalue weighted by molar-refractivity contribution is 1.45. The number of allylic oxidation sites excluding steroid dienone is 3. The molecule has 0 aliphatic heterocycles. The lowest BCUT2D eigenvalue weighted by atomic mass is 10.00. The van der Waals surface area contributed by atoms with E-state index in [-0.39, 0.29) is 0 Å². The van der Waals surface area contributed by atoms with Crippen molar-refractivity contribution in [2.24, 2.45) is 0 Å². The topological polar surface area (TPSA) is 0 Å². The molecule has 0 atom stereocenters. The van der Waals surface area contributed by atoms with Crippen LogP contribution in [0.1, 0.15) is 23.6 Å². The Morgan fingerprint density at radius 3 is 1.57 bits per heavy atom. The summed E-state index contributed by atoms with van der Waals surface area (Å²) in [5, 5.41) is 0. The zero-order valence-corrected chi connectivity index (χ0v) is 17.8. The highest BCUT2D eigenvalue weighted by Crippen LogP contribution is 2.21. The molecule has 4 aromatic rings. The van der Waals surface area contributed by atoms with Crippen molar-refractivity contribution in [2.75, 3.05) is 0 Å². The second-order valence-electron chi connectivity index (χ2n) is 7.32. The molecule has 0 fully saturated rings. The van der Waals surface area contributed by atoms with Crippen molar-refractivity contribution in [2.45, 2.75) is 13.8 Å². The normalized spacial score (nSPS) is 10.7. The first-order valence-corrected chi connectivity index (χ1v) is 10.2. The molecule has 0 saturated carbocycles. The maximum absolute atomic E-state index is 4.16. The van der Waals surface area contributed by atoms with E-state index in [1.807, 2.05) is 18.2 Å². The summed E-state index contributed by atoms with van der Waals surface area (Å²) in [6.07, 6.45) is 2.14. The number of benzene rings is 4. The average molecular weight is 389 g/mol. The lowest BCUT2D eigenvalue weighted by Crippen LogP contribution is -1.83. The Morgan fingerprint density at radius 1 is 0.600 bits per heavy atom. The molecule has 148 valence electrons. The summed E-state index contributed by atoms with van der Waals surface area (Å²) in [7, 11) is 0. The van der Waals surface area contributed by atoms with Crippen LogP contribution in [0.15, 0.2) is 128 Å². The summed E-state index contributed by atoms with van der Waals surface area (Å²) in [6.45, 7) is 8.38. The fourth-order valence-corrected chi connectivity index (χ4v) is 3.24. The third-order valence-electron chi connectivity index (χ3n) is 4.89. The second kappa shape index (κ2) is 10.8. The predicted octanol–water partition coefficient (Wildman–Crippen LogP) is 8.47. The predicted molar refractivity (Wildman–Crippen MR) is 132 cm³/mol. The van der Waals surface area contributed by atoms with E-state index in [4.69, 9.17) is 0 Å². The second-order valence-corrected chi connectivity index (χ2v) is 7.32. The van der Waals surface area contributed by atoms with Gasteiger partial charge in [0.25, 0.3) is 0 Å². The molecule has 0 amide bonds. The molecule has 0 unspecified atom stereocenters. The van der Waals surface area contributed by atoms with Crippen LogP contribution >= 0.6 is 0 Å². The molecule has 30 heavy (non-hydrogen) atoms. The van der Waals surface area contributed by atoms with Crippen LogP contribution in [0, 0.1) is 6.92 Å². The molecule has 0 saturated heterocycles. The minimum Gasteiger partial charge on any atom is -0.0911 e. The van der Waals surface area contributed by atoms with Crippen molar-refractivity contribution >= 4 is 11.1 Å². The first-order chi connectivity index (χ1) is 14.6. The molecule has 4 rings (SSSR count). The van der Waals surface area contributed by atoms with Crippen LogP contribution in [0.2, 0.25) is 0 Å². The Balaban J connectivity index is 0.000000184. The zero-order chi connectivity index (χ0) is 21.2. The highest BCUT2D eigenvalue weighted by Gasteiger charge is 1.99. The van der Waals surface area contributed by atoms with Crippen molar-refractivity contribution in [3.05, 3.63) is 145 Å². The molecule has 0 radical (unpaired) electrons. The van der Waals surface area contributed by atoms with E-state index in [1.54, 1.807) is 0 Å². The van der Waals surface area contributed by atoms with E-state index in [0.29, 0.717) is 0 Å². The Labute approximate surface area is 180 Å². The Morgan fingerprint density at radius 2 is 1.07 bits per heavy atom. The monoisotopic (exact) mass is 388 g/mol. The first-order valence-electron chi connectivity index (χ1n) is 10.2. The molecule has 4 aromatic carbocycles. The summed E-state index contributed by atoms with van der Waals surface area (Å²) in [4.78, 5) is 0. The Kier molecular flexibility index (Phi) is 7.58. The Hall–Kier alpha value is -3.64. The summed E-state index contributed by atoms with van der Waals surface area (Å²) in [5.41, 5.74) is 8.54. The quantitative estimate of drug-likeness (QED) is 0.308. The lowest BCUT2D eigenvalue weighted by Gasteiger charge is -2.05. The molecule has 0 nitrogen and oxygen atoms in total. The summed E-state index contributed by atoms with van der Waals surface area (Å²) >= 11 is 0. The molecule has 0 spiro atoms. The van der Waals surface area contributed by atoms with E-state index < -0.39 is 0 Å². The van der Waals surface area contributed by atoms with Crippen molar-refractivity contribution < 1.29 is 0 Å². The van der Waals surface area contributed by atoms with Crippen LogP contribution in [-0.4, -0.2) is 0 Å². The van der Waals surface area contributed by atoms with Gasteiger partial charge in [-0.05, 0) is 47.2 Å². The van der Waals surface area contributed by atoms with Gasteiger partial charge in [-0.25, -0.2) is 0 Å². The summed E-state index contributed by atoms with van der Waals surface area (Å²) < 4.78 is 0. The fourth-order valence-electron chi connectivity index (χ4n) is 3.24. The van der Waals surface area contributed by atoms with E-state index in [9.17, 15) is 0 Å². The molecule has 0 N–H and O–H groups in total. The van der Waals surface area contributed by atoms with Gasteiger partial charge in [0, 0.05) is 0 Å². The van der Waals surface area contributed by atoms with E-state index in [1.165, 1.54) is 33.4 Å². The van der Waals surface area contributed by atoms with Gasteiger partial charge < -0.3 is 0 Å². The Bertz CT molecular complexity index is 1050. The SMILES string of the molecule is C=C(/C=C(\C)c1ccccc1)c1cccc(C)c1.c1ccc(-c2ccccc2)cc1. The van der Waals surface area contributed by atoms with Gasteiger partial charge in [-0.15, -0.1) is 0 Å². The molecular weight excluding hydrogens is 360 g/mol. The minimum atomic E-state index is 1.06. The molecule has 0 aromatic heterocycles. The van der Waals surface area contributed by atoms with Gasteiger partial charge in [-0.3, -0.25) is 0 Å². The summed E-state index contributed by atoms with van der Waals surface area (Å²) in [5.74, 6) is 0. The number of aryl methyl sites for hydroxylation is 1. The molecule has 0 heteroatoms. The molecule has 0 bridgehead atoms. The molecule has 0 aliphatic rings. The van der Waals surface area contributed by atoms with Crippen molar-refractivity contribution in [3.8, 4) is 11.1 Å². The van der Waals surface area contributed by atoms with Crippen LogP contribution in [0.3, 0.4) is 0 Å². The highest BCUT2D eigenvalue weighted by molar-refractivity contribution is 5.82.